The molecule has 4 rings (SSSR count). The molecule has 3 nitrogen and oxygen atoms in total. The molecular weight excluding hydrogens is 276 g/mol. The van der Waals surface area contributed by atoms with Crippen molar-refractivity contribution in [3.8, 4) is 0 Å². The predicted octanol–water partition coefficient (Wildman–Crippen LogP) is 2.93. The van der Waals surface area contributed by atoms with Gasteiger partial charge in [-0.05, 0) is 73.0 Å². The minimum atomic E-state index is -0.239. The maximum Gasteiger partial charge on any atom is 0.133 e. The molecule has 0 aromatic carbocycles. The summed E-state index contributed by atoms with van der Waals surface area (Å²) in [4.78, 5) is 12.1. The van der Waals surface area contributed by atoms with Gasteiger partial charge in [0.1, 0.15) is 5.78 Å². The molecule has 0 radical (unpaired) electrons. The summed E-state index contributed by atoms with van der Waals surface area (Å²) in [6.45, 7) is 4.62. The third kappa shape index (κ3) is 1.97. The van der Waals surface area contributed by atoms with Crippen LogP contribution in [-0.2, 0) is 4.79 Å². The van der Waals surface area contributed by atoms with E-state index >= 15 is 0 Å². The smallest absolute Gasteiger partial charge is 0.133 e. The van der Waals surface area contributed by atoms with Crippen molar-refractivity contribution in [2.75, 3.05) is 0 Å². The minimum Gasteiger partial charge on any atom is -0.393 e. The molecule has 0 spiro atoms. The Balaban J connectivity index is 1.69. The molecule has 3 heteroatoms. The van der Waals surface area contributed by atoms with Crippen LogP contribution in [0.3, 0.4) is 0 Å². The fourth-order valence-corrected chi connectivity index (χ4v) is 7.18. The lowest BCUT2D eigenvalue weighted by molar-refractivity contribution is -0.168. The predicted molar refractivity (Wildman–Crippen MR) is 84.1 cm³/mol. The Bertz CT molecular complexity index is 489. The van der Waals surface area contributed by atoms with Crippen molar-refractivity contribution in [2.24, 2.45) is 34.5 Å². The molecule has 0 aliphatic heterocycles. The number of ketones is 1. The zero-order chi connectivity index (χ0) is 15.7. The number of carbonyl (C=O) groups excluding carboxylic acids is 1. The fraction of sp³-hybridized carbons (Fsp3) is 0.947. The van der Waals surface area contributed by atoms with E-state index in [1.807, 2.05) is 0 Å². The van der Waals surface area contributed by atoms with E-state index < -0.39 is 0 Å². The molecule has 4 aliphatic carbocycles. The highest BCUT2D eigenvalue weighted by Crippen LogP contribution is 2.65. The minimum absolute atomic E-state index is 0.0625. The lowest BCUT2D eigenvalue weighted by atomic mass is 9.44. The highest BCUT2D eigenvalue weighted by atomic mass is 16.3. The van der Waals surface area contributed by atoms with Gasteiger partial charge in [0.15, 0.2) is 0 Å². The molecule has 0 amide bonds. The summed E-state index contributed by atoms with van der Waals surface area (Å²) < 4.78 is 0. The van der Waals surface area contributed by atoms with Gasteiger partial charge < -0.3 is 10.2 Å². The van der Waals surface area contributed by atoms with Crippen molar-refractivity contribution >= 4 is 5.78 Å². The quantitative estimate of drug-likeness (QED) is 0.723. The summed E-state index contributed by atoms with van der Waals surface area (Å²) in [7, 11) is 0. The first-order valence-corrected chi connectivity index (χ1v) is 9.21. The molecule has 8 unspecified atom stereocenters. The molecule has 0 bridgehead atoms. The van der Waals surface area contributed by atoms with Crippen molar-refractivity contribution in [1.82, 2.24) is 0 Å². The molecular formula is C19H30O3. The van der Waals surface area contributed by atoms with Crippen LogP contribution >= 0.6 is 0 Å². The fourth-order valence-electron chi connectivity index (χ4n) is 7.18. The Hall–Kier alpha value is -0.410. The summed E-state index contributed by atoms with van der Waals surface area (Å²) in [6.07, 6.45) is 6.89. The van der Waals surface area contributed by atoms with Gasteiger partial charge in [-0.1, -0.05) is 13.8 Å². The van der Waals surface area contributed by atoms with Crippen LogP contribution < -0.4 is 0 Å². The van der Waals surface area contributed by atoms with Crippen LogP contribution in [-0.4, -0.2) is 28.2 Å². The van der Waals surface area contributed by atoms with Gasteiger partial charge in [0.2, 0.25) is 0 Å². The zero-order valence-corrected chi connectivity index (χ0v) is 13.9. The average Bonchev–Trinajstić information content (AvgIpc) is 2.72. The number of aliphatic hydroxyl groups is 2. The molecule has 4 aliphatic rings. The second-order valence-electron chi connectivity index (χ2n) is 9.34. The van der Waals surface area contributed by atoms with Crippen LogP contribution in [0.2, 0.25) is 0 Å². The lowest BCUT2D eigenvalue weighted by Gasteiger charge is -2.61. The number of hydrogen-bond acceptors (Lipinski definition) is 3. The van der Waals surface area contributed by atoms with Gasteiger partial charge in [0, 0.05) is 12.8 Å². The third-order valence-corrected chi connectivity index (χ3v) is 8.16. The Morgan fingerprint density at radius 3 is 2.59 bits per heavy atom. The van der Waals surface area contributed by atoms with Gasteiger partial charge in [-0.15, -0.1) is 0 Å². The van der Waals surface area contributed by atoms with Crippen LogP contribution in [0.5, 0.6) is 0 Å². The number of rotatable bonds is 0. The Morgan fingerprint density at radius 1 is 1.05 bits per heavy atom. The number of carbonyl (C=O) groups is 1. The Labute approximate surface area is 133 Å². The van der Waals surface area contributed by atoms with Crippen molar-refractivity contribution in [3.63, 3.8) is 0 Å². The molecule has 8 atom stereocenters. The number of fused-ring (bicyclic) bond motifs is 5. The maximum atomic E-state index is 12.1. The van der Waals surface area contributed by atoms with Crippen molar-refractivity contribution in [1.29, 1.82) is 0 Å². The second-order valence-corrected chi connectivity index (χ2v) is 9.34. The van der Waals surface area contributed by atoms with Crippen LogP contribution in [0, 0.1) is 34.5 Å². The molecule has 0 saturated heterocycles. The van der Waals surface area contributed by atoms with Gasteiger partial charge in [-0.2, -0.15) is 0 Å². The van der Waals surface area contributed by atoms with E-state index in [9.17, 15) is 15.0 Å². The Kier molecular flexibility index (Phi) is 3.30. The van der Waals surface area contributed by atoms with Crippen LogP contribution in [0.15, 0.2) is 0 Å². The van der Waals surface area contributed by atoms with Gasteiger partial charge >= 0.3 is 0 Å². The topological polar surface area (TPSA) is 57.5 Å². The molecule has 22 heavy (non-hydrogen) atoms. The summed E-state index contributed by atoms with van der Waals surface area (Å²) >= 11 is 0. The molecule has 2 N–H and O–H groups in total. The number of hydrogen-bond donors (Lipinski definition) is 2. The maximum absolute atomic E-state index is 12.1. The first-order valence-electron chi connectivity index (χ1n) is 9.21. The number of aliphatic hydroxyl groups excluding tert-OH is 2. The zero-order valence-electron chi connectivity index (χ0n) is 13.9. The molecule has 4 fully saturated rings. The van der Waals surface area contributed by atoms with E-state index in [1.54, 1.807) is 0 Å². The highest BCUT2D eigenvalue weighted by molar-refractivity contribution is 5.82. The van der Waals surface area contributed by atoms with Gasteiger partial charge in [0.25, 0.3) is 0 Å². The summed E-state index contributed by atoms with van der Waals surface area (Å²) in [6, 6.07) is 0. The first-order chi connectivity index (χ1) is 10.3. The van der Waals surface area contributed by atoms with Crippen LogP contribution in [0.1, 0.15) is 65.2 Å². The highest BCUT2D eigenvalue weighted by Gasteiger charge is 2.61. The van der Waals surface area contributed by atoms with Gasteiger partial charge in [-0.25, -0.2) is 0 Å². The largest absolute Gasteiger partial charge is 0.393 e. The van der Waals surface area contributed by atoms with E-state index in [0.717, 1.165) is 44.9 Å². The third-order valence-electron chi connectivity index (χ3n) is 8.16. The van der Waals surface area contributed by atoms with E-state index in [2.05, 4.69) is 13.8 Å². The number of Topliss-reactive ketones (excluding diaryl/α,β-unsaturated/α-hetero) is 1. The lowest BCUT2D eigenvalue weighted by Crippen LogP contribution is -2.57. The first kappa shape index (κ1) is 15.1. The summed E-state index contributed by atoms with van der Waals surface area (Å²) in [5, 5.41) is 21.0. The van der Waals surface area contributed by atoms with E-state index in [1.165, 1.54) is 6.42 Å². The van der Waals surface area contributed by atoms with Crippen molar-refractivity contribution < 1.29 is 15.0 Å². The van der Waals surface area contributed by atoms with Gasteiger partial charge in [-0.3, -0.25) is 4.79 Å². The van der Waals surface area contributed by atoms with Gasteiger partial charge in [0.05, 0.1) is 12.2 Å². The van der Waals surface area contributed by atoms with Crippen LogP contribution in [0.25, 0.3) is 0 Å². The standard InChI is InChI=1S/C19H30O3/c1-18-6-5-14-13(16(18)7-12(21)9-18)8-17(22)15-4-3-11(20)10-19(14,15)2/h11,13-17,20,22H,3-10H2,1-2H3. The second kappa shape index (κ2) is 4.80. The summed E-state index contributed by atoms with van der Waals surface area (Å²) in [5.41, 5.74) is 0.238. The molecule has 0 aromatic heterocycles. The van der Waals surface area contributed by atoms with E-state index in [-0.39, 0.29) is 23.0 Å². The monoisotopic (exact) mass is 306 g/mol. The van der Waals surface area contributed by atoms with Crippen molar-refractivity contribution in [2.45, 2.75) is 77.4 Å². The van der Waals surface area contributed by atoms with E-state index in [4.69, 9.17) is 0 Å². The van der Waals surface area contributed by atoms with Crippen LogP contribution in [0.4, 0.5) is 0 Å². The Morgan fingerprint density at radius 2 is 1.82 bits per heavy atom. The average molecular weight is 306 g/mol. The molecule has 4 saturated carbocycles. The molecule has 124 valence electrons. The molecule has 0 aromatic rings. The SMILES string of the molecule is CC12CCC3C(CC(O)C4CCC(O)CC43C)C1CC(=O)C2. The van der Waals surface area contributed by atoms with E-state index in [0.29, 0.717) is 29.5 Å². The molecule has 0 heterocycles. The summed E-state index contributed by atoms with van der Waals surface area (Å²) in [5.74, 6) is 2.30. The normalized spacial score (nSPS) is 57.9. The van der Waals surface area contributed by atoms with Crippen molar-refractivity contribution in [3.05, 3.63) is 0 Å².